The average molecular weight is 518 g/mol. The lowest BCUT2D eigenvalue weighted by Gasteiger charge is -2.42. The van der Waals surface area contributed by atoms with Crippen molar-refractivity contribution < 1.29 is 23.5 Å². The summed E-state index contributed by atoms with van der Waals surface area (Å²) in [5, 5.41) is 3.14. The summed E-state index contributed by atoms with van der Waals surface area (Å²) in [6.45, 7) is 4.55. The van der Waals surface area contributed by atoms with Crippen molar-refractivity contribution in [2.45, 2.75) is 18.5 Å². The molecule has 3 aromatic carbocycles. The lowest BCUT2D eigenvalue weighted by molar-refractivity contribution is -0.124. The fourth-order valence-corrected chi connectivity index (χ4v) is 5.28. The Morgan fingerprint density at radius 2 is 1.74 bits per heavy atom. The SMILES string of the molecule is COc1ccc([C@@H]2[C@H](C(=O)NCCN3CCOCC3)c3ccccc3C(=O)N2Cc2ccc(F)cc2)cc1. The van der Waals surface area contributed by atoms with Crippen LogP contribution < -0.4 is 10.1 Å². The quantitative estimate of drug-likeness (QED) is 0.493. The van der Waals surface area contributed by atoms with Crippen molar-refractivity contribution in [3.8, 4) is 5.75 Å². The van der Waals surface area contributed by atoms with E-state index in [2.05, 4.69) is 10.2 Å². The minimum Gasteiger partial charge on any atom is -0.497 e. The number of hydrogen-bond acceptors (Lipinski definition) is 5. The van der Waals surface area contributed by atoms with Gasteiger partial charge in [0.25, 0.3) is 5.91 Å². The van der Waals surface area contributed by atoms with E-state index >= 15 is 0 Å². The highest BCUT2D eigenvalue weighted by atomic mass is 19.1. The van der Waals surface area contributed by atoms with Crippen molar-refractivity contribution in [2.75, 3.05) is 46.5 Å². The molecule has 38 heavy (non-hydrogen) atoms. The Balaban J connectivity index is 1.50. The standard InChI is InChI=1S/C30H32FN3O4/c1-37-24-12-8-22(9-13-24)28-27(29(35)32-14-15-33-16-18-38-19-17-33)25-4-2-3-5-26(25)30(36)34(28)20-21-6-10-23(31)11-7-21/h2-13,27-28H,14-20H2,1H3,(H,32,35)/t27-,28-/m1/s1. The van der Waals surface area contributed by atoms with E-state index in [1.807, 2.05) is 42.5 Å². The first-order chi connectivity index (χ1) is 18.5. The molecular weight excluding hydrogens is 485 g/mol. The molecule has 1 saturated heterocycles. The molecule has 2 amide bonds. The number of nitrogens with zero attached hydrogens (tertiary/aromatic N) is 2. The van der Waals surface area contributed by atoms with Crippen molar-refractivity contribution in [3.05, 3.63) is 101 Å². The van der Waals surface area contributed by atoms with Gasteiger partial charge in [0, 0.05) is 38.3 Å². The number of hydrogen-bond donors (Lipinski definition) is 1. The van der Waals surface area contributed by atoms with Gasteiger partial charge in [0.15, 0.2) is 0 Å². The molecule has 1 N–H and O–H groups in total. The number of morpholine rings is 1. The first-order valence-electron chi connectivity index (χ1n) is 12.9. The third-order valence-electron chi connectivity index (χ3n) is 7.28. The van der Waals surface area contributed by atoms with Gasteiger partial charge in [-0.15, -0.1) is 0 Å². The van der Waals surface area contributed by atoms with E-state index in [-0.39, 0.29) is 24.2 Å². The van der Waals surface area contributed by atoms with Gasteiger partial charge in [-0.1, -0.05) is 42.5 Å². The van der Waals surface area contributed by atoms with Crippen molar-refractivity contribution in [1.29, 1.82) is 0 Å². The summed E-state index contributed by atoms with van der Waals surface area (Å²) >= 11 is 0. The maximum absolute atomic E-state index is 13.9. The number of benzene rings is 3. The highest BCUT2D eigenvalue weighted by Gasteiger charge is 2.44. The lowest BCUT2D eigenvalue weighted by Crippen LogP contribution is -2.48. The van der Waals surface area contributed by atoms with Crippen LogP contribution in [0, 0.1) is 5.82 Å². The Labute approximate surface area is 222 Å². The van der Waals surface area contributed by atoms with Gasteiger partial charge in [0.1, 0.15) is 11.6 Å². The van der Waals surface area contributed by atoms with Gasteiger partial charge in [0.2, 0.25) is 5.91 Å². The van der Waals surface area contributed by atoms with E-state index < -0.39 is 12.0 Å². The summed E-state index contributed by atoms with van der Waals surface area (Å²) in [6, 6.07) is 20.3. The van der Waals surface area contributed by atoms with Gasteiger partial charge >= 0.3 is 0 Å². The molecule has 7 nitrogen and oxygen atoms in total. The van der Waals surface area contributed by atoms with Crippen molar-refractivity contribution in [1.82, 2.24) is 15.1 Å². The highest BCUT2D eigenvalue weighted by Crippen LogP contribution is 2.44. The molecule has 2 atom stereocenters. The molecule has 198 valence electrons. The maximum atomic E-state index is 13.9. The van der Waals surface area contributed by atoms with E-state index in [9.17, 15) is 14.0 Å². The van der Waals surface area contributed by atoms with Gasteiger partial charge < -0.3 is 19.7 Å². The topological polar surface area (TPSA) is 71.1 Å². The van der Waals surface area contributed by atoms with E-state index in [1.54, 1.807) is 30.2 Å². The molecular formula is C30H32FN3O4. The number of methoxy groups -OCH3 is 1. The van der Waals surface area contributed by atoms with E-state index in [0.717, 1.165) is 30.8 Å². The number of carbonyl (C=O) groups is 2. The van der Waals surface area contributed by atoms with Gasteiger partial charge in [-0.2, -0.15) is 0 Å². The third-order valence-corrected chi connectivity index (χ3v) is 7.28. The summed E-state index contributed by atoms with van der Waals surface area (Å²) < 4.78 is 24.4. The van der Waals surface area contributed by atoms with E-state index in [4.69, 9.17) is 9.47 Å². The maximum Gasteiger partial charge on any atom is 0.255 e. The summed E-state index contributed by atoms with van der Waals surface area (Å²) in [4.78, 5) is 31.7. The fraction of sp³-hybridized carbons (Fsp3) is 0.333. The number of ether oxygens (including phenoxy) is 2. The molecule has 0 spiro atoms. The molecule has 5 rings (SSSR count). The van der Waals surface area contributed by atoms with Gasteiger partial charge in [-0.3, -0.25) is 14.5 Å². The smallest absolute Gasteiger partial charge is 0.255 e. The Hall–Kier alpha value is -3.75. The summed E-state index contributed by atoms with van der Waals surface area (Å²) in [6.07, 6.45) is 0. The minimum absolute atomic E-state index is 0.136. The Kier molecular flexibility index (Phi) is 8.00. The number of rotatable bonds is 8. The molecule has 2 heterocycles. The summed E-state index contributed by atoms with van der Waals surface area (Å²) in [5.74, 6) is -0.574. The van der Waals surface area contributed by atoms with Crippen molar-refractivity contribution in [2.24, 2.45) is 0 Å². The molecule has 0 bridgehead atoms. The first-order valence-corrected chi connectivity index (χ1v) is 12.9. The highest BCUT2D eigenvalue weighted by molar-refractivity contribution is 6.01. The van der Waals surface area contributed by atoms with Crippen LogP contribution >= 0.6 is 0 Å². The largest absolute Gasteiger partial charge is 0.497 e. The lowest BCUT2D eigenvalue weighted by atomic mass is 9.79. The van der Waals surface area contributed by atoms with Crippen LogP contribution in [0.1, 0.15) is 39.0 Å². The molecule has 0 aromatic heterocycles. The molecule has 0 aliphatic carbocycles. The van der Waals surface area contributed by atoms with Crippen LogP contribution in [0.25, 0.3) is 0 Å². The second-order valence-electron chi connectivity index (χ2n) is 9.59. The molecule has 0 unspecified atom stereocenters. The molecule has 8 heteroatoms. The third kappa shape index (κ3) is 5.56. The number of amides is 2. The predicted molar refractivity (Wildman–Crippen MR) is 141 cm³/mol. The molecule has 0 radical (unpaired) electrons. The van der Waals surface area contributed by atoms with Crippen LogP contribution in [0.15, 0.2) is 72.8 Å². The van der Waals surface area contributed by atoms with Gasteiger partial charge in [0.05, 0.1) is 32.3 Å². The zero-order valence-corrected chi connectivity index (χ0v) is 21.4. The Bertz CT molecular complexity index is 1260. The molecule has 1 fully saturated rings. The monoisotopic (exact) mass is 517 g/mol. The zero-order valence-electron chi connectivity index (χ0n) is 21.4. The second kappa shape index (κ2) is 11.8. The van der Waals surface area contributed by atoms with Crippen LogP contribution in [-0.4, -0.2) is 68.1 Å². The summed E-state index contributed by atoms with van der Waals surface area (Å²) in [5.41, 5.74) is 2.82. The number of halogens is 1. The van der Waals surface area contributed by atoms with Gasteiger partial charge in [-0.05, 0) is 47.0 Å². The number of fused-ring (bicyclic) bond motifs is 1. The van der Waals surface area contributed by atoms with Gasteiger partial charge in [-0.25, -0.2) is 4.39 Å². The van der Waals surface area contributed by atoms with Crippen LogP contribution in [0.3, 0.4) is 0 Å². The van der Waals surface area contributed by atoms with E-state index in [1.165, 1.54) is 12.1 Å². The molecule has 2 aliphatic heterocycles. The average Bonchev–Trinajstić information content (AvgIpc) is 2.96. The fourth-order valence-electron chi connectivity index (χ4n) is 5.28. The summed E-state index contributed by atoms with van der Waals surface area (Å²) in [7, 11) is 1.60. The zero-order chi connectivity index (χ0) is 26.5. The Morgan fingerprint density at radius 1 is 1.03 bits per heavy atom. The van der Waals surface area contributed by atoms with Crippen LogP contribution in [0.4, 0.5) is 4.39 Å². The minimum atomic E-state index is -0.623. The number of nitrogens with one attached hydrogen (secondary N) is 1. The normalized spacial score (nSPS) is 19.6. The molecule has 3 aromatic rings. The Morgan fingerprint density at radius 3 is 2.45 bits per heavy atom. The molecule has 0 saturated carbocycles. The first kappa shape index (κ1) is 25.9. The van der Waals surface area contributed by atoms with Crippen molar-refractivity contribution in [3.63, 3.8) is 0 Å². The number of carbonyl (C=O) groups excluding carboxylic acids is 2. The van der Waals surface area contributed by atoms with Crippen molar-refractivity contribution >= 4 is 11.8 Å². The molecule has 2 aliphatic rings. The second-order valence-corrected chi connectivity index (χ2v) is 9.59. The van der Waals surface area contributed by atoms with E-state index in [0.29, 0.717) is 36.6 Å². The van der Waals surface area contributed by atoms with Crippen LogP contribution in [0.2, 0.25) is 0 Å². The van der Waals surface area contributed by atoms with Crippen LogP contribution in [0.5, 0.6) is 5.75 Å². The predicted octanol–water partition coefficient (Wildman–Crippen LogP) is 3.76. The van der Waals surface area contributed by atoms with Crippen LogP contribution in [-0.2, 0) is 16.1 Å².